The first kappa shape index (κ1) is 13.1. The van der Waals surface area contributed by atoms with Gasteiger partial charge in [0.2, 0.25) is 0 Å². The first-order valence-electron chi connectivity index (χ1n) is 6.57. The Hall–Kier alpha value is -0.910. The molecule has 4 nitrogen and oxygen atoms in total. The van der Waals surface area contributed by atoms with Crippen LogP contribution in [-0.4, -0.2) is 28.4 Å². The Kier molecular flexibility index (Phi) is 3.37. The van der Waals surface area contributed by atoms with Gasteiger partial charge in [-0.05, 0) is 29.7 Å². The number of morpholine rings is 1. The number of hydrogen-bond donors (Lipinski definition) is 1. The maximum Gasteiger partial charge on any atom is 0.275 e. The summed E-state index contributed by atoms with van der Waals surface area (Å²) in [4.78, 5) is 12.1. The smallest absolute Gasteiger partial charge is 0.275 e. The third-order valence-electron chi connectivity index (χ3n) is 3.85. The Labute approximate surface area is 120 Å². The highest BCUT2D eigenvalue weighted by Gasteiger charge is 2.47. The topological polar surface area (TPSA) is 49.8 Å². The van der Waals surface area contributed by atoms with Crippen molar-refractivity contribution < 1.29 is 14.7 Å². The third-order valence-corrected chi connectivity index (χ3v) is 4.35. The fourth-order valence-corrected chi connectivity index (χ4v) is 3.35. The number of ether oxygens (including phenoxy) is 1. The number of amides is 1. The standard InChI is InChI=1S/C14H16BrNO3/c1-2-3-11-14(17)16(18)13-10-7-9(15)5-4-8(10)6-12(13)19-11/h4-5,7,11-13,18H,2-3,6H2,1H3. The Morgan fingerprint density at radius 2 is 2.32 bits per heavy atom. The monoisotopic (exact) mass is 325 g/mol. The predicted octanol–water partition coefficient (Wildman–Crippen LogP) is 2.83. The minimum Gasteiger partial charge on any atom is -0.362 e. The summed E-state index contributed by atoms with van der Waals surface area (Å²) in [6, 6.07) is 5.59. The van der Waals surface area contributed by atoms with E-state index in [1.165, 1.54) is 0 Å². The summed E-state index contributed by atoms with van der Waals surface area (Å²) in [5.74, 6) is -0.323. The van der Waals surface area contributed by atoms with Crippen molar-refractivity contribution in [2.24, 2.45) is 0 Å². The molecule has 1 aromatic rings. The number of halogens is 1. The third kappa shape index (κ3) is 2.10. The highest BCUT2D eigenvalue weighted by molar-refractivity contribution is 9.10. The van der Waals surface area contributed by atoms with Crippen LogP contribution in [-0.2, 0) is 16.0 Å². The largest absolute Gasteiger partial charge is 0.362 e. The molecular weight excluding hydrogens is 310 g/mol. The molecule has 5 heteroatoms. The summed E-state index contributed by atoms with van der Waals surface area (Å²) in [7, 11) is 0. The molecule has 0 bridgehead atoms. The molecule has 102 valence electrons. The molecule has 19 heavy (non-hydrogen) atoms. The molecule has 1 aromatic carbocycles. The first-order valence-corrected chi connectivity index (χ1v) is 7.37. The first-order chi connectivity index (χ1) is 9.11. The quantitative estimate of drug-likeness (QED) is 0.850. The van der Waals surface area contributed by atoms with Crippen molar-refractivity contribution in [1.82, 2.24) is 5.06 Å². The van der Waals surface area contributed by atoms with Crippen molar-refractivity contribution in [2.45, 2.75) is 44.4 Å². The lowest BCUT2D eigenvalue weighted by atomic mass is 10.0. The van der Waals surface area contributed by atoms with Gasteiger partial charge in [-0.3, -0.25) is 10.0 Å². The van der Waals surface area contributed by atoms with Crippen molar-refractivity contribution >= 4 is 21.8 Å². The molecule has 3 rings (SSSR count). The average molecular weight is 326 g/mol. The van der Waals surface area contributed by atoms with Crippen LogP contribution < -0.4 is 0 Å². The number of benzene rings is 1. The molecule has 0 saturated carbocycles. The lowest BCUT2D eigenvalue weighted by Gasteiger charge is -2.37. The Balaban J connectivity index is 1.93. The molecule has 0 aromatic heterocycles. The van der Waals surface area contributed by atoms with E-state index in [-0.39, 0.29) is 18.1 Å². The van der Waals surface area contributed by atoms with E-state index >= 15 is 0 Å². The van der Waals surface area contributed by atoms with Crippen LogP contribution in [0.3, 0.4) is 0 Å². The van der Waals surface area contributed by atoms with Crippen LogP contribution in [0.15, 0.2) is 22.7 Å². The molecule has 2 aliphatic rings. The van der Waals surface area contributed by atoms with Crippen LogP contribution in [0.4, 0.5) is 0 Å². The zero-order chi connectivity index (χ0) is 13.6. The van der Waals surface area contributed by atoms with E-state index in [1.54, 1.807) is 0 Å². The van der Waals surface area contributed by atoms with Gasteiger partial charge < -0.3 is 4.74 Å². The highest BCUT2D eigenvalue weighted by atomic mass is 79.9. The van der Waals surface area contributed by atoms with E-state index in [0.29, 0.717) is 6.42 Å². The van der Waals surface area contributed by atoms with Gasteiger partial charge in [-0.25, -0.2) is 5.06 Å². The lowest BCUT2D eigenvalue weighted by molar-refractivity contribution is -0.228. The van der Waals surface area contributed by atoms with Gasteiger partial charge in [-0.1, -0.05) is 35.3 Å². The number of hydrogen-bond acceptors (Lipinski definition) is 3. The maximum absolute atomic E-state index is 12.1. The summed E-state index contributed by atoms with van der Waals surface area (Å²) in [5.41, 5.74) is 2.12. The zero-order valence-electron chi connectivity index (χ0n) is 10.7. The van der Waals surface area contributed by atoms with E-state index in [0.717, 1.165) is 33.5 Å². The highest BCUT2D eigenvalue weighted by Crippen LogP contribution is 2.42. The van der Waals surface area contributed by atoms with Crippen molar-refractivity contribution in [3.05, 3.63) is 33.8 Å². The fraction of sp³-hybridized carbons (Fsp3) is 0.500. The minimum absolute atomic E-state index is 0.136. The molecule has 0 spiro atoms. The second-order valence-electron chi connectivity index (χ2n) is 5.13. The van der Waals surface area contributed by atoms with Crippen LogP contribution in [0.1, 0.15) is 36.9 Å². The summed E-state index contributed by atoms with van der Waals surface area (Å²) in [5, 5.41) is 11.1. The SMILES string of the molecule is CCCC1OC2Cc3ccc(Br)cc3C2N(O)C1=O. The molecule has 1 aliphatic carbocycles. The lowest BCUT2D eigenvalue weighted by Crippen LogP contribution is -2.51. The molecule has 1 N–H and O–H groups in total. The van der Waals surface area contributed by atoms with Gasteiger partial charge in [0.15, 0.2) is 0 Å². The van der Waals surface area contributed by atoms with Gasteiger partial charge in [0.25, 0.3) is 5.91 Å². The Bertz CT molecular complexity index is 519. The minimum atomic E-state index is -0.506. The molecule has 3 unspecified atom stereocenters. The van der Waals surface area contributed by atoms with E-state index in [9.17, 15) is 10.0 Å². The van der Waals surface area contributed by atoms with Crippen molar-refractivity contribution in [3.63, 3.8) is 0 Å². The summed E-state index contributed by atoms with van der Waals surface area (Å²) < 4.78 is 6.84. The average Bonchev–Trinajstić information content (AvgIpc) is 2.73. The maximum atomic E-state index is 12.1. The Morgan fingerprint density at radius 3 is 3.05 bits per heavy atom. The molecule has 1 fully saturated rings. The number of rotatable bonds is 2. The van der Waals surface area contributed by atoms with Crippen molar-refractivity contribution in [2.75, 3.05) is 0 Å². The van der Waals surface area contributed by atoms with Gasteiger partial charge in [-0.2, -0.15) is 0 Å². The van der Waals surface area contributed by atoms with E-state index in [2.05, 4.69) is 15.9 Å². The van der Waals surface area contributed by atoms with Crippen LogP contribution in [0.25, 0.3) is 0 Å². The normalized spacial score (nSPS) is 29.3. The van der Waals surface area contributed by atoms with Gasteiger partial charge in [-0.15, -0.1) is 0 Å². The fourth-order valence-electron chi connectivity index (χ4n) is 2.97. The van der Waals surface area contributed by atoms with Gasteiger partial charge in [0.05, 0.1) is 6.10 Å². The number of fused-ring (bicyclic) bond motifs is 3. The second-order valence-corrected chi connectivity index (χ2v) is 6.04. The van der Waals surface area contributed by atoms with Crippen LogP contribution in [0.2, 0.25) is 0 Å². The molecule has 1 amide bonds. The second kappa shape index (κ2) is 4.89. The molecule has 1 saturated heterocycles. The molecule has 3 atom stereocenters. The van der Waals surface area contributed by atoms with Crippen LogP contribution in [0, 0.1) is 0 Å². The number of carbonyl (C=O) groups excluding carboxylic acids is 1. The van der Waals surface area contributed by atoms with Crippen molar-refractivity contribution in [3.8, 4) is 0 Å². The number of nitrogens with zero attached hydrogens (tertiary/aromatic N) is 1. The molecule has 1 heterocycles. The van der Waals surface area contributed by atoms with Crippen molar-refractivity contribution in [1.29, 1.82) is 0 Å². The number of carbonyl (C=O) groups is 1. The summed E-state index contributed by atoms with van der Waals surface area (Å²) >= 11 is 3.43. The molecule has 0 radical (unpaired) electrons. The van der Waals surface area contributed by atoms with Crippen LogP contribution in [0.5, 0.6) is 0 Å². The van der Waals surface area contributed by atoms with E-state index in [1.807, 2.05) is 25.1 Å². The summed E-state index contributed by atoms with van der Waals surface area (Å²) in [6.07, 6.45) is 1.62. The Morgan fingerprint density at radius 1 is 1.53 bits per heavy atom. The van der Waals surface area contributed by atoms with Crippen LogP contribution >= 0.6 is 15.9 Å². The van der Waals surface area contributed by atoms with Gasteiger partial charge in [0.1, 0.15) is 12.1 Å². The zero-order valence-corrected chi connectivity index (χ0v) is 12.3. The molecule has 1 aliphatic heterocycles. The van der Waals surface area contributed by atoms with E-state index < -0.39 is 6.10 Å². The van der Waals surface area contributed by atoms with Gasteiger partial charge >= 0.3 is 0 Å². The number of hydroxylamine groups is 2. The predicted molar refractivity (Wildman–Crippen MR) is 72.8 cm³/mol. The van der Waals surface area contributed by atoms with Gasteiger partial charge in [0, 0.05) is 10.9 Å². The molecular formula is C14H16BrNO3. The summed E-state index contributed by atoms with van der Waals surface area (Å²) in [6.45, 7) is 2.00. The van der Waals surface area contributed by atoms with E-state index in [4.69, 9.17) is 4.74 Å².